The van der Waals surface area contributed by atoms with Crippen LogP contribution in [0.15, 0.2) is 0 Å². The molecule has 0 aliphatic heterocycles. The van der Waals surface area contributed by atoms with Gasteiger partial charge in [0.25, 0.3) is 0 Å². The zero-order valence-corrected chi connectivity index (χ0v) is 15.2. The van der Waals surface area contributed by atoms with Crippen LogP contribution in [0.5, 0.6) is 0 Å². The highest BCUT2D eigenvalue weighted by molar-refractivity contribution is 9.09. The van der Waals surface area contributed by atoms with Gasteiger partial charge in [0.05, 0.1) is 4.83 Å². The van der Waals surface area contributed by atoms with E-state index < -0.39 is 36.2 Å². The molecule has 0 radical (unpaired) electrons. The minimum Gasteiger partial charge on any atom is -0.458 e. The Kier molecular flexibility index (Phi) is 7.12. The molecule has 0 N–H and O–H groups in total. The summed E-state index contributed by atoms with van der Waals surface area (Å²) < 4.78 is 15.8. The molecule has 6 nitrogen and oxygen atoms in total. The number of alkyl halides is 2. The summed E-state index contributed by atoms with van der Waals surface area (Å²) in [4.78, 5) is 33.7. The number of rotatable bonds is 4. The molecule has 0 saturated heterocycles. The van der Waals surface area contributed by atoms with Crippen molar-refractivity contribution in [1.82, 2.24) is 0 Å². The lowest BCUT2D eigenvalue weighted by atomic mass is 9.83. The molecule has 0 unspecified atom stereocenters. The van der Waals surface area contributed by atoms with Crippen molar-refractivity contribution in [3.63, 3.8) is 0 Å². The van der Waals surface area contributed by atoms with Crippen molar-refractivity contribution >= 4 is 49.8 Å². The van der Waals surface area contributed by atoms with Crippen LogP contribution in [0.1, 0.15) is 27.2 Å². The lowest BCUT2D eigenvalue weighted by molar-refractivity contribution is -0.193. The maximum absolute atomic E-state index is 11.3. The monoisotopic (exact) mass is 428 g/mol. The van der Waals surface area contributed by atoms with Crippen LogP contribution in [-0.4, -0.2) is 46.4 Å². The minimum absolute atomic E-state index is 0.0607. The summed E-state index contributed by atoms with van der Waals surface area (Å²) in [6.45, 7) is 3.83. The summed E-state index contributed by atoms with van der Waals surface area (Å²) in [5.41, 5.74) is 0. The Bertz CT molecular complexity index is 413. The first-order chi connectivity index (χ1) is 9.76. The van der Waals surface area contributed by atoms with Gasteiger partial charge in [-0.05, 0) is 6.42 Å². The maximum atomic E-state index is 11.3. The summed E-state index contributed by atoms with van der Waals surface area (Å²) >= 11 is 6.83. The summed E-state index contributed by atoms with van der Waals surface area (Å²) in [7, 11) is 0. The van der Waals surface area contributed by atoms with E-state index in [2.05, 4.69) is 31.9 Å². The van der Waals surface area contributed by atoms with E-state index in [0.717, 1.165) is 0 Å². The molecule has 1 fully saturated rings. The molecular weight excluding hydrogens is 412 g/mol. The molecule has 0 spiro atoms. The van der Waals surface area contributed by atoms with Gasteiger partial charge in [-0.15, -0.1) is 0 Å². The third-order valence-electron chi connectivity index (χ3n) is 3.10. The Morgan fingerprint density at radius 3 is 1.76 bits per heavy atom. The topological polar surface area (TPSA) is 78.9 Å². The van der Waals surface area contributed by atoms with E-state index in [1.807, 2.05) is 0 Å². The maximum Gasteiger partial charge on any atom is 0.303 e. The van der Waals surface area contributed by atoms with E-state index in [4.69, 9.17) is 14.2 Å². The molecule has 0 aromatic rings. The number of hydrogen-bond donors (Lipinski definition) is 0. The third-order valence-corrected chi connectivity index (χ3v) is 4.83. The highest BCUT2D eigenvalue weighted by atomic mass is 79.9. The summed E-state index contributed by atoms with van der Waals surface area (Å²) in [5, 5.41) is 0.567. The van der Waals surface area contributed by atoms with Gasteiger partial charge in [-0.2, -0.15) is 0 Å². The average Bonchev–Trinajstić information content (AvgIpc) is 2.35. The van der Waals surface area contributed by atoms with Crippen LogP contribution in [0.2, 0.25) is 0 Å². The Balaban J connectivity index is 3.08. The van der Waals surface area contributed by atoms with Gasteiger partial charge in [0.1, 0.15) is 6.10 Å². The molecule has 0 bridgehead atoms. The fourth-order valence-corrected chi connectivity index (χ4v) is 3.90. The first-order valence-electron chi connectivity index (χ1n) is 6.48. The van der Waals surface area contributed by atoms with Crippen LogP contribution in [0.3, 0.4) is 0 Å². The summed E-state index contributed by atoms with van der Waals surface area (Å²) in [6.07, 6.45) is -1.59. The average molecular weight is 430 g/mol. The first-order valence-corrected chi connectivity index (χ1v) is 8.51. The van der Waals surface area contributed by atoms with Crippen LogP contribution in [0.4, 0.5) is 0 Å². The lowest BCUT2D eigenvalue weighted by Gasteiger charge is -2.42. The fraction of sp³-hybridized carbons (Fsp3) is 0.769. The van der Waals surface area contributed by atoms with Crippen molar-refractivity contribution in [2.45, 2.75) is 50.3 Å². The number of carbonyl (C=O) groups excluding carboxylic acids is 3. The number of esters is 3. The normalized spacial score (nSPS) is 32.1. The second kappa shape index (κ2) is 8.12. The molecule has 0 aromatic heterocycles. The van der Waals surface area contributed by atoms with Crippen molar-refractivity contribution in [1.29, 1.82) is 0 Å². The largest absolute Gasteiger partial charge is 0.458 e. The van der Waals surface area contributed by atoms with Crippen LogP contribution >= 0.6 is 31.9 Å². The predicted molar refractivity (Wildman–Crippen MR) is 81.3 cm³/mol. The molecule has 21 heavy (non-hydrogen) atoms. The highest BCUT2D eigenvalue weighted by Gasteiger charge is 2.49. The Labute approximate surface area is 140 Å². The van der Waals surface area contributed by atoms with Crippen LogP contribution in [0, 0.1) is 5.92 Å². The van der Waals surface area contributed by atoms with E-state index in [1.165, 1.54) is 20.8 Å². The zero-order chi connectivity index (χ0) is 16.2. The molecule has 1 aliphatic carbocycles. The lowest BCUT2D eigenvalue weighted by Crippen LogP contribution is -2.56. The number of hydrogen-bond acceptors (Lipinski definition) is 6. The van der Waals surface area contributed by atoms with Crippen LogP contribution in [0.25, 0.3) is 0 Å². The SMILES string of the molecule is CC(=O)O[C@@H]1[C@@H](OC(C)=O)[C@H](CBr)C[C@H](Br)[C@H]1OC(C)=O. The third kappa shape index (κ3) is 5.25. The smallest absolute Gasteiger partial charge is 0.303 e. The molecule has 5 atom stereocenters. The van der Waals surface area contributed by atoms with Gasteiger partial charge < -0.3 is 14.2 Å². The number of carbonyl (C=O) groups is 3. The van der Waals surface area contributed by atoms with E-state index in [-0.39, 0.29) is 10.7 Å². The Hall–Kier alpha value is -0.630. The van der Waals surface area contributed by atoms with Crippen LogP contribution < -0.4 is 0 Å². The molecule has 1 saturated carbocycles. The summed E-state index contributed by atoms with van der Waals surface area (Å²) in [6, 6.07) is 0. The predicted octanol–water partition coefficient (Wildman–Crippen LogP) is 1.96. The molecule has 120 valence electrons. The van der Waals surface area contributed by atoms with Crippen molar-refractivity contribution in [2.75, 3.05) is 5.33 Å². The standard InChI is InChI=1S/C13H18Br2O6/c1-6(16)19-11-9(5-14)4-10(15)12(20-7(2)17)13(11)21-8(3)18/h9-13H,4-5H2,1-3H3/t9-,10-,11-,12+,13+/m0/s1. The van der Waals surface area contributed by atoms with Gasteiger partial charge in [0.2, 0.25) is 0 Å². The van der Waals surface area contributed by atoms with Gasteiger partial charge in [0, 0.05) is 32.0 Å². The molecule has 0 amide bonds. The van der Waals surface area contributed by atoms with Crippen molar-refractivity contribution < 1.29 is 28.6 Å². The fourth-order valence-electron chi connectivity index (χ4n) is 2.38. The second-order valence-electron chi connectivity index (χ2n) is 4.89. The molecule has 8 heteroatoms. The molecule has 1 aliphatic rings. The van der Waals surface area contributed by atoms with Crippen molar-refractivity contribution in [3.8, 4) is 0 Å². The first kappa shape index (κ1) is 18.4. The molecule has 1 rings (SSSR count). The highest BCUT2D eigenvalue weighted by Crippen LogP contribution is 2.36. The second-order valence-corrected chi connectivity index (χ2v) is 6.71. The van der Waals surface area contributed by atoms with Gasteiger partial charge in [-0.3, -0.25) is 14.4 Å². The molecule has 0 aromatic carbocycles. The summed E-state index contributed by atoms with van der Waals surface area (Å²) in [5.74, 6) is -1.54. The molecule has 0 heterocycles. The van der Waals surface area contributed by atoms with Crippen molar-refractivity contribution in [3.05, 3.63) is 0 Å². The van der Waals surface area contributed by atoms with Gasteiger partial charge >= 0.3 is 17.9 Å². The molecular formula is C13H18Br2O6. The quantitative estimate of drug-likeness (QED) is 0.386. The minimum atomic E-state index is -0.837. The Morgan fingerprint density at radius 1 is 0.905 bits per heavy atom. The number of ether oxygens (including phenoxy) is 3. The van der Waals surface area contributed by atoms with Gasteiger partial charge in [-0.25, -0.2) is 0 Å². The van der Waals surface area contributed by atoms with Gasteiger partial charge in [-0.1, -0.05) is 31.9 Å². The van der Waals surface area contributed by atoms with E-state index in [0.29, 0.717) is 11.8 Å². The number of halogens is 2. The Morgan fingerprint density at radius 2 is 1.33 bits per heavy atom. The van der Waals surface area contributed by atoms with E-state index in [9.17, 15) is 14.4 Å². The van der Waals surface area contributed by atoms with Gasteiger partial charge in [0.15, 0.2) is 12.2 Å². The van der Waals surface area contributed by atoms with E-state index >= 15 is 0 Å². The van der Waals surface area contributed by atoms with E-state index in [1.54, 1.807) is 0 Å². The van der Waals surface area contributed by atoms with Crippen LogP contribution in [-0.2, 0) is 28.6 Å². The zero-order valence-electron chi connectivity index (χ0n) is 12.0. The van der Waals surface area contributed by atoms with Crippen molar-refractivity contribution in [2.24, 2.45) is 5.92 Å².